The van der Waals surface area contributed by atoms with Crippen LogP contribution in [0.5, 0.6) is 11.5 Å². The van der Waals surface area contributed by atoms with Gasteiger partial charge in [-0.1, -0.05) is 59.2 Å². The zero-order chi connectivity index (χ0) is 26.0. The number of hydrogen-bond acceptors (Lipinski definition) is 7. The van der Waals surface area contributed by atoms with Crippen LogP contribution in [-0.4, -0.2) is 39.1 Å². The zero-order valence-corrected chi connectivity index (χ0v) is 22.5. The molecule has 0 spiro atoms. The topological polar surface area (TPSA) is 74.1 Å². The number of nitrogens with zero attached hydrogens (tertiary/aromatic N) is 4. The molecule has 0 radical (unpaired) electrons. The number of aromatic nitrogens is 4. The fraction of sp³-hybridized carbons (Fsp3) is 0.269. The van der Waals surface area contributed by atoms with Gasteiger partial charge < -0.3 is 14.8 Å². The molecular weight excluding hydrogens is 536 g/mol. The van der Waals surface area contributed by atoms with Crippen molar-refractivity contribution in [3.63, 3.8) is 0 Å². The van der Waals surface area contributed by atoms with Crippen LogP contribution in [0.4, 0.5) is 4.39 Å². The van der Waals surface area contributed by atoms with Gasteiger partial charge in [-0.2, -0.15) is 4.68 Å². The van der Waals surface area contributed by atoms with E-state index in [1.807, 2.05) is 49.4 Å². The van der Waals surface area contributed by atoms with Gasteiger partial charge in [-0.05, 0) is 72.3 Å². The van der Waals surface area contributed by atoms with Gasteiger partial charge >= 0.3 is 0 Å². The summed E-state index contributed by atoms with van der Waals surface area (Å²) >= 11 is 14.3. The van der Waals surface area contributed by atoms with E-state index >= 15 is 0 Å². The van der Waals surface area contributed by atoms with E-state index in [2.05, 4.69) is 20.8 Å². The Hall–Kier alpha value is -2.85. The van der Waals surface area contributed by atoms with Gasteiger partial charge in [0.15, 0.2) is 11.5 Å². The van der Waals surface area contributed by atoms with E-state index in [9.17, 15) is 4.39 Å². The Kier molecular flexibility index (Phi) is 10.0. The lowest BCUT2D eigenvalue weighted by atomic mass is 10.2. The second kappa shape index (κ2) is 13.6. The molecule has 0 amide bonds. The number of halogens is 3. The first kappa shape index (κ1) is 27.2. The zero-order valence-electron chi connectivity index (χ0n) is 20.2. The summed E-state index contributed by atoms with van der Waals surface area (Å²) in [5, 5.41) is 16.9. The molecule has 7 nitrogen and oxygen atoms in total. The molecule has 1 N–H and O–H groups in total. The molecule has 0 aliphatic rings. The average molecular weight is 562 g/mol. The Labute approximate surface area is 229 Å². The molecular formula is C26H26Cl2FN5O2S. The van der Waals surface area contributed by atoms with E-state index in [1.54, 1.807) is 22.5 Å². The molecule has 0 saturated heterocycles. The normalized spacial score (nSPS) is 11.0. The first-order valence-electron chi connectivity index (χ1n) is 11.7. The molecule has 194 valence electrons. The van der Waals surface area contributed by atoms with Crippen LogP contribution < -0.4 is 14.8 Å². The Balaban J connectivity index is 1.27. The van der Waals surface area contributed by atoms with Crippen LogP contribution in [0.25, 0.3) is 5.69 Å². The van der Waals surface area contributed by atoms with Crippen LogP contribution in [0.1, 0.15) is 24.5 Å². The van der Waals surface area contributed by atoms with Crippen molar-refractivity contribution in [2.75, 3.05) is 18.9 Å². The van der Waals surface area contributed by atoms with Crippen LogP contribution in [0.3, 0.4) is 0 Å². The van der Waals surface area contributed by atoms with Gasteiger partial charge in [-0.15, -0.1) is 5.10 Å². The Bertz CT molecular complexity index is 1310. The minimum atomic E-state index is -0.398. The standard InChI is InChI=1S/C26H26Cl2FN5O2S/c1-2-35-24-14-18(13-23(28)25(24)36-17-19-9-10-20(29)15-22(19)27)16-30-11-6-12-37-26-31-32-33-34(26)21-7-4-3-5-8-21/h3-5,7-10,13-15,30H,2,6,11-12,16-17H2,1H3. The van der Waals surface area contributed by atoms with Crippen molar-refractivity contribution in [2.45, 2.75) is 31.7 Å². The van der Waals surface area contributed by atoms with Gasteiger partial charge in [-0.25, -0.2) is 4.39 Å². The molecule has 0 aliphatic heterocycles. The minimum Gasteiger partial charge on any atom is -0.490 e. The van der Waals surface area contributed by atoms with Crippen molar-refractivity contribution in [2.24, 2.45) is 0 Å². The fourth-order valence-corrected chi connectivity index (χ4v) is 4.85. The van der Waals surface area contributed by atoms with Gasteiger partial charge in [0.1, 0.15) is 12.4 Å². The largest absolute Gasteiger partial charge is 0.490 e. The van der Waals surface area contributed by atoms with Crippen molar-refractivity contribution in [1.82, 2.24) is 25.5 Å². The SMILES string of the molecule is CCOc1cc(CNCCCSc2nnnn2-c2ccccc2)cc(Cl)c1OCc1ccc(F)cc1Cl. The Morgan fingerprint density at radius 2 is 1.86 bits per heavy atom. The highest BCUT2D eigenvalue weighted by molar-refractivity contribution is 7.99. The Morgan fingerprint density at radius 3 is 2.65 bits per heavy atom. The lowest BCUT2D eigenvalue weighted by molar-refractivity contribution is 0.269. The van der Waals surface area contributed by atoms with Crippen molar-refractivity contribution in [1.29, 1.82) is 0 Å². The first-order chi connectivity index (χ1) is 18.0. The molecule has 4 rings (SSSR count). The summed E-state index contributed by atoms with van der Waals surface area (Å²) in [6.45, 7) is 3.92. The molecule has 3 aromatic carbocycles. The van der Waals surface area contributed by atoms with Crippen LogP contribution in [0, 0.1) is 5.82 Å². The van der Waals surface area contributed by atoms with Crippen molar-refractivity contribution >= 4 is 35.0 Å². The highest BCUT2D eigenvalue weighted by Crippen LogP contribution is 2.37. The lowest BCUT2D eigenvalue weighted by Gasteiger charge is -2.16. The second-order valence-electron chi connectivity index (χ2n) is 7.95. The van der Waals surface area contributed by atoms with Crippen molar-refractivity contribution in [3.8, 4) is 17.2 Å². The van der Waals surface area contributed by atoms with Crippen LogP contribution in [-0.2, 0) is 13.2 Å². The summed E-state index contributed by atoms with van der Waals surface area (Å²) in [6.07, 6.45) is 0.929. The maximum Gasteiger partial charge on any atom is 0.214 e. The van der Waals surface area contributed by atoms with E-state index in [1.165, 1.54) is 12.1 Å². The average Bonchev–Trinajstić information content (AvgIpc) is 3.36. The molecule has 0 bridgehead atoms. The van der Waals surface area contributed by atoms with E-state index in [0.717, 1.165) is 35.1 Å². The number of ether oxygens (including phenoxy) is 2. The number of tetrazole rings is 1. The second-order valence-corrected chi connectivity index (χ2v) is 9.83. The van der Waals surface area contributed by atoms with E-state index in [-0.39, 0.29) is 6.61 Å². The Morgan fingerprint density at radius 1 is 1.03 bits per heavy atom. The molecule has 0 unspecified atom stereocenters. The van der Waals surface area contributed by atoms with Gasteiger partial charge in [0, 0.05) is 17.9 Å². The quantitative estimate of drug-likeness (QED) is 0.150. The number of thioether (sulfide) groups is 1. The third-order valence-corrected chi connectivity index (χ3v) is 6.89. The molecule has 0 aliphatic carbocycles. The molecule has 1 heterocycles. The van der Waals surface area contributed by atoms with E-state index < -0.39 is 5.82 Å². The molecule has 1 aromatic heterocycles. The molecule has 37 heavy (non-hydrogen) atoms. The molecule has 0 fully saturated rings. The molecule has 11 heteroatoms. The monoisotopic (exact) mass is 561 g/mol. The summed E-state index contributed by atoms with van der Waals surface area (Å²) in [5.74, 6) is 1.45. The van der Waals surface area contributed by atoms with Crippen LogP contribution in [0.2, 0.25) is 10.0 Å². The third kappa shape index (κ3) is 7.58. The van der Waals surface area contributed by atoms with E-state index in [4.69, 9.17) is 32.7 Å². The molecule has 0 atom stereocenters. The number of nitrogens with one attached hydrogen (secondary N) is 1. The van der Waals surface area contributed by atoms with Gasteiger partial charge in [0.25, 0.3) is 0 Å². The maximum atomic E-state index is 13.3. The molecule has 0 saturated carbocycles. The highest BCUT2D eigenvalue weighted by Gasteiger charge is 2.14. The predicted molar refractivity (Wildman–Crippen MR) is 145 cm³/mol. The smallest absolute Gasteiger partial charge is 0.214 e. The van der Waals surface area contributed by atoms with Crippen LogP contribution >= 0.6 is 35.0 Å². The summed E-state index contributed by atoms with van der Waals surface area (Å²) in [7, 11) is 0. The van der Waals surface area contributed by atoms with Gasteiger partial charge in [-0.3, -0.25) is 0 Å². The van der Waals surface area contributed by atoms with E-state index in [0.29, 0.717) is 40.3 Å². The summed E-state index contributed by atoms with van der Waals surface area (Å²) in [6, 6.07) is 17.8. The maximum absolute atomic E-state index is 13.3. The number of para-hydroxylation sites is 1. The summed E-state index contributed by atoms with van der Waals surface area (Å²) < 4.78 is 26.7. The molecule has 4 aromatic rings. The first-order valence-corrected chi connectivity index (χ1v) is 13.5. The van der Waals surface area contributed by atoms with Gasteiger partial charge in [0.05, 0.1) is 22.3 Å². The van der Waals surface area contributed by atoms with Gasteiger partial charge in [0.2, 0.25) is 5.16 Å². The lowest BCUT2D eigenvalue weighted by Crippen LogP contribution is -2.15. The summed E-state index contributed by atoms with van der Waals surface area (Å²) in [5.41, 5.74) is 2.56. The number of benzene rings is 3. The van der Waals surface area contributed by atoms with Crippen LogP contribution in [0.15, 0.2) is 65.8 Å². The fourth-order valence-electron chi connectivity index (χ4n) is 3.51. The minimum absolute atomic E-state index is 0.141. The number of hydrogen-bond donors (Lipinski definition) is 1. The summed E-state index contributed by atoms with van der Waals surface area (Å²) in [4.78, 5) is 0. The van der Waals surface area contributed by atoms with Crippen molar-refractivity contribution < 1.29 is 13.9 Å². The number of rotatable bonds is 13. The predicted octanol–water partition coefficient (Wildman–Crippen LogP) is 6.36. The third-order valence-electron chi connectivity index (χ3n) is 5.26. The highest BCUT2D eigenvalue weighted by atomic mass is 35.5. The van der Waals surface area contributed by atoms with Crippen molar-refractivity contribution in [3.05, 3.63) is 87.7 Å².